The monoisotopic (exact) mass is 282 g/mol. The zero-order valence-corrected chi connectivity index (χ0v) is 12.4. The molecule has 0 aliphatic carbocycles. The number of hydrogen-bond acceptors (Lipinski definition) is 5. The van der Waals surface area contributed by atoms with Crippen molar-refractivity contribution in [2.45, 2.75) is 32.9 Å². The molecule has 1 rings (SSSR count). The number of rotatable bonds is 7. The molecule has 0 unspecified atom stereocenters. The van der Waals surface area contributed by atoms with Gasteiger partial charge in [0.1, 0.15) is 5.75 Å². The summed E-state index contributed by atoms with van der Waals surface area (Å²) in [6.45, 7) is 7.23. The van der Waals surface area contributed by atoms with Gasteiger partial charge >= 0.3 is 0 Å². The molecule has 6 nitrogen and oxygen atoms in total. The number of nitro groups is 1. The molecular formula is C14H22N2O4. The first-order valence-electron chi connectivity index (χ1n) is 6.52. The molecule has 1 aromatic carbocycles. The minimum absolute atomic E-state index is 0.0126. The van der Waals surface area contributed by atoms with Gasteiger partial charge in [0.25, 0.3) is 5.69 Å². The second-order valence-corrected chi connectivity index (χ2v) is 5.41. The van der Waals surface area contributed by atoms with Gasteiger partial charge in [0.2, 0.25) is 0 Å². The molecule has 0 aliphatic heterocycles. The van der Waals surface area contributed by atoms with Crippen LogP contribution in [0.2, 0.25) is 0 Å². The van der Waals surface area contributed by atoms with E-state index in [9.17, 15) is 15.2 Å². The Labute approximate surface area is 119 Å². The maximum Gasteiger partial charge on any atom is 0.273 e. The van der Waals surface area contributed by atoms with Crippen LogP contribution >= 0.6 is 0 Å². The molecule has 6 heteroatoms. The van der Waals surface area contributed by atoms with Gasteiger partial charge in [-0.3, -0.25) is 15.0 Å². The summed E-state index contributed by atoms with van der Waals surface area (Å²) in [6, 6.07) is 4.71. The average Bonchev–Trinajstić information content (AvgIpc) is 2.35. The largest absolute Gasteiger partial charge is 0.496 e. The minimum Gasteiger partial charge on any atom is -0.496 e. The van der Waals surface area contributed by atoms with Crippen LogP contribution in [-0.2, 0) is 6.54 Å². The summed E-state index contributed by atoms with van der Waals surface area (Å²) in [6.07, 6.45) is 0. The quantitative estimate of drug-likeness (QED) is 0.613. The van der Waals surface area contributed by atoms with Crippen molar-refractivity contribution in [1.29, 1.82) is 0 Å². The molecule has 0 heterocycles. The lowest BCUT2D eigenvalue weighted by atomic mass is 10.1. The third-order valence-corrected chi connectivity index (χ3v) is 2.86. The molecule has 0 atom stereocenters. The first-order valence-corrected chi connectivity index (χ1v) is 6.52. The second-order valence-electron chi connectivity index (χ2n) is 5.41. The summed E-state index contributed by atoms with van der Waals surface area (Å²) in [4.78, 5) is 12.5. The standard InChI is InChI=1S/C14H22N2O4/c1-5-15(10-14(2,3)17)9-11-6-12(16(18)19)8-13(7-11)20-4/h6-8,17H,5,9-10H2,1-4H3. The van der Waals surface area contributed by atoms with Crippen LogP contribution in [0.5, 0.6) is 5.75 Å². The lowest BCUT2D eigenvalue weighted by molar-refractivity contribution is -0.385. The molecule has 112 valence electrons. The van der Waals surface area contributed by atoms with E-state index in [0.717, 1.165) is 12.1 Å². The van der Waals surface area contributed by atoms with E-state index in [1.807, 2.05) is 11.8 Å². The van der Waals surface area contributed by atoms with Crippen molar-refractivity contribution in [3.8, 4) is 5.75 Å². The smallest absolute Gasteiger partial charge is 0.273 e. The minimum atomic E-state index is -0.805. The third-order valence-electron chi connectivity index (χ3n) is 2.86. The third kappa shape index (κ3) is 5.14. The number of non-ortho nitro benzene ring substituents is 1. The normalized spacial score (nSPS) is 11.7. The Kier molecular flexibility index (Phi) is 5.47. The lowest BCUT2D eigenvalue weighted by Crippen LogP contribution is -2.38. The topological polar surface area (TPSA) is 75.8 Å². The van der Waals surface area contributed by atoms with Crippen LogP contribution in [0.3, 0.4) is 0 Å². The van der Waals surface area contributed by atoms with Crippen molar-refractivity contribution in [3.63, 3.8) is 0 Å². The number of benzene rings is 1. The number of ether oxygens (including phenoxy) is 1. The highest BCUT2D eigenvalue weighted by Crippen LogP contribution is 2.23. The Morgan fingerprint density at radius 1 is 1.40 bits per heavy atom. The molecule has 0 fully saturated rings. The SMILES string of the molecule is CCN(Cc1cc(OC)cc([N+](=O)[O-])c1)CC(C)(C)O. The summed E-state index contributed by atoms with van der Waals surface area (Å²) < 4.78 is 5.09. The van der Waals surface area contributed by atoms with Crippen molar-refractivity contribution in [2.75, 3.05) is 20.2 Å². The first kappa shape index (κ1) is 16.4. The van der Waals surface area contributed by atoms with Gasteiger partial charge in [-0.25, -0.2) is 0 Å². The molecule has 0 saturated carbocycles. The predicted octanol–water partition coefficient (Wildman–Crippen LogP) is 2.20. The predicted molar refractivity (Wildman–Crippen MR) is 76.9 cm³/mol. The number of hydrogen-bond donors (Lipinski definition) is 1. The van der Waals surface area contributed by atoms with Crippen molar-refractivity contribution in [3.05, 3.63) is 33.9 Å². The Morgan fingerprint density at radius 2 is 2.05 bits per heavy atom. The summed E-state index contributed by atoms with van der Waals surface area (Å²) in [5.74, 6) is 0.466. The molecule has 20 heavy (non-hydrogen) atoms. The second kappa shape index (κ2) is 6.67. The summed E-state index contributed by atoms with van der Waals surface area (Å²) >= 11 is 0. The molecule has 1 N–H and O–H groups in total. The molecular weight excluding hydrogens is 260 g/mol. The van der Waals surface area contributed by atoms with Crippen molar-refractivity contribution >= 4 is 5.69 Å². The van der Waals surface area contributed by atoms with Crippen LogP contribution in [0.4, 0.5) is 5.69 Å². The van der Waals surface area contributed by atoms with E-state index < -0.39 is 10.5 Å². The fraction of sp³-hybridized carbons (Fsp3) is 0.571. The number of aliphatic hydroxyl groups is 1. The Hall–Kier alpha value is -1.66. The molecule has 0 radical (unpaired) electrons. The van der Waals surface area contributed by atoms with E-state index in [2.05, 4.69) is 0 Å². The first-order chi connectivity index (χ1) is 9.25. The number of methoxy groups -OCH3 is 1. The molecule has 0 saturated heterocycles. The van der Waals surface area contributed by atoms with Crippen LogP contribution in [0.1, 0.15) is 26.3 Å². The highest BCUT2D eigenvalue weighted by atomic mass is 16.6. The van der Waals surface area contributed by atoms with Gasteiger partial charge in [-0.2, -0.15) is 0 Å². The van der Waals surface area contributed by atoms with Crippen LogP contribution < -0.4 is 4.74 Å². The van der Waals surface area contributed by atoms with Crippen LogP contribution in [-0.4, -0.2) is 40.7 Å². The van der Waals surface area contributed by atoms with Crippen molar-refractivity contribution in [2.24, 2.45) is 0 Å². The highest BCUT2D eigenvalue weighted by molar-refractivity contribution is 5.42. The summed E-state index contributed by atoms with van der Waals surface area (Å²) in [5, 5.41) is 20.8. The van der Waals surface area contributed by atoms with Crippen LogP contribution in [0, 0.1) is 10.1 Å². The van der Waals surface area contributed by atoms with Gasteiger partial charge in [-0.05, 0) is 32.0 Å². The molecule has 0 bridgehead atoms. The fourth-order valence-electron chi connectivity index (χ4n) is 2.04. The zero-order valence-electron chi connectivity index (χ0n) is 12.4. The molecule has 1 aromatic rings. The Morgan fingerprint density at radius 3 is 2.50 bits per heavy atom. The van der Waals surface area contributed by atoms with E-state index in [-0.39, 0.29) is 5.69 Å². The van der Waals surface area contributed by atoms with Gasteiger partial charge in [-0.15, -0.1) is 0 Å². The van der Waals surface area contributed by atoms with Gasteiger partial charge < -0.3 is 9.84 Å². The van der Waals surface area contributed by atoms with Crippen LogP contribution in [0.25, 0.3) is 0 Å². The number of likely N-dealkylation sites (N-methyl/N-ethyl adjacent to an activating group) is 1. The van der Waals surface area contributed by atoms with E-state index >= 15 is 0 Å². The van der Waals surface area contributed by atoms with E-state index in [4.69, 9.17) is 4.74 Å². The van der Waals surface area contributed by atoms with Crippen molar-refractivity contribution < 1.29 is 14.8 Å². The summed E-state index contributed by atoms with van der Waals surface area (Å²) in [7, 11) is 1.48. The van der Waals surface area contributed by atoms with Gasteiger partial charge in [0, 0.05) is 19.2 Å². The van der Waals surface area contributed by atoms with Gasteiger partial charge in [0.05, 0.1) is 23.7 Å². The molecule has 0 amide bonds. The zero-order chi connectivity index (χ0) is 15.3. The maximum absolute atomic E-state index is 10.9. The average molecular weight is 282 g/mol. The van der Waals surface area contributed by atoms with E-state index in [0.29, 0.717) is 18.8 Å². The van der Waals surface area contributed by atoms with Crippen LogP contribution in [0.15, 0.2) is 18.2 Å². The van der Waals surface area contributed by atoms with E-state index in [1.165, 1.54) is 19.2 Å². The van der Waals surface area contributed by atoms with E-state index in [1.54, 1.807) is 19.9 Å². The number of nitrogens with zero attached hydrogens (tertiary/aromatic N) is 2. The Bertz CT molecular complexity index is 469. The lowest BCUT2D eigenvalue weighted by Gasteiger charge is -2.28. The molecule has 0 aliphatic rings. The fourth-order valence-corrected chi connectivity index (χ4v) is 2.04. The van der Waals surface area contributed by atoms with Gasteiger partial charge in [-0.1, -0.05) is 6.92 Å². The maximum atomic E-state index is 10.9. The van der Waals surface area contributed by atoms with Crippen molar-refractivity contribution in [1.82, 2.24) is 4.90 Å². The Balaban J connectivity index is 2.94. The summed E-state index contributed by atoms with van der Waals surface area (Å²) in [5.41, 5.74) is 0.00156. The number of nitro benzene ring substituents is 1. The van der Waals surface area contributed by atoms with Gasteiger partial charge in [0.15, 0.2) is 0 Å². The molecule has 0 spiro atoms. The molecule has 0 aromatic heterocycles. The highest BCUT2D eigenvalue weighted by Gasteiger charge is 2.18.